The smallest absolute Gasteiger partial charge is 0.154 e. The molecule has 0 aliphatic carbocycles. The van der Waals surface area contributed by atoms with Crippen LogP contribution in [0.3, 0.4) is 0 Å². The van der Waals surface area contributed by atoms with Gasteiger partial charge >= 0.3 is 0 Å². The summed E-state index contributed by atoms with van der Waals surface area (Å²) in [4.78, 5) is 0. The van der Waals surface area contributed by atoms with Gasteiger partial charge in [0.15, 0.2) is 6.29 Å². The first-order valence-electron chi connectivity index (χ1n) is 4.69. The van der Waals surface area contributed by atoms with Gasteiger partial charge < -0.3 is 9.47 Å². The van der Waals surface area contributed by atoms with Crippen molar-refractivity contribution in [2.24, 2.45) is 0 Å². The average Bonchev–Trinajstić information content (AvgIpc) is 2.06. The van der Waals surface area contributed by atoms with E-state index in [1.807, 2.05) is 19.9 Å². The lowest BCUT2D eigenvalue weighted by atomic mass is 10.7. The molecule has 72 valence electrons. The van der Waals surface area contributed by atoms with E-state index < -0.39 is 0 Å². The molecule has 12 heavy (non-hydrogen) atoms. The van der Waals surface area contributed by atoms with E-state index in [1.54, 1.807) is 0 Å². The molecular formula is C9H20O2Si. The average molecular weight is 188 g/mol. The van der Waals surface area contributed by atoms with Gasteiger partial charge in [-0.25, -0.2) is 0 Å². The van der Waals surface area contributed by atoms with Crippen LogP contribution in [-0.2, 0) is 9.47 Å². The fourth-order valence-electron chi connectivity index (χ4n) is 1.02. The van der Waals surface area contributed by atoms with Crippen LogP contribution < -0.4 is 0 Å². The summed E-state index contributed by atoms with van der Waals surface area (Å²) in [5.74, 6) is 0. The third kappa shape index (κ3) is 6.58. The van der Waals surface area contributed by atoms with E-state index in [0.717, 1.165) is 19.3 Å². The van der Waals surface area contributed by atoms with E-state index in [0.29, 0.717) is 0 Å². The van der Waals surface area contributed by atoms with Crippen molar-refractivity contribution in [3.05, 3.63) is 12.7 Å². The highest BCUT2D eigenvalue weighted by molar-refractivity contribution is 6.36. The minimum atomic E-state index is -0.0448. The molecule has 0 atom stereocenters. The Morgan fingerprint density at radius 1 is 1.33 bits per heavy atom. The Hall–Kier alpha value is -0.123. The summed E-state index contributed by atoms with van der Waals surface area (Å²) >= 11 is 0. The summed E-state index contributed by atoms with van der Waals surface area (Å²) in [6.45, 7) is 9.19. The van der Waals surface area contributed by atoms with Crippen LogP contribution >= 0.6 is 0 Å². The van der Waals surface area contributed by atoms with Gasteiger partial charge in [-0.15, -0.1) is 6.58 Å². The predicted molar refractivity (Wildman–Crippen MR) is 55.4 cm³/mol. The van der Waals surface area contributed by atoms with Crippen molar-refractivity contribution < 1.29 is 9.47 Å². The lowest BCUT2D eigenvalue weighted by molar-refractivity contribution is -0.123. The molecule has 0 rings (SSSR count). The molecule has 0 saturated heterocycles. The standard InChI is InChI=1S/C9H20O2Si/c1-4-7-12-8-9(10-5-2)11-6-3/h4,9H,1,5-8,12H2,2-3H3. The Bertz CT molecular complexity index is 101. The van der Waals surface area contributed by atoms with E-state index in [1.165, 1.54) is 6.04 Å². The minimum Gasteiger partial charge on any atom is -0.353 e. The van der Waals surface area contributed by atoms with E-state index in [2.05, 4.69) is 6.58 Å². The molecule has 0 radical (unpaired) electrons. The Balaban J connectivity index is 3.40. The zero-order valence-electron chi connectivity index (χ0n) is 8.21. The third-order valence-corrected chi connectivity index (χ3v) is 3.25. The van der Waals surface area contributed by atoms with E-state index in [-0.39, 0.29) is 15.8 Å². The van der Waals surface area contributed by atoms with Gasteiger partial charge in [-0.3, -0.25) is 0 Å². The van der Waals surface area contributed by atoms with Crippen molar-refractivity contribution in [1.82, 2.24) is 0 Å². The summed E-state index contributed by atoms with van der Waals surface area (Å²) in [5, 5.41) is 0. The molecule has 0 heterocycles. The van der Waals surface area contributed by atoms with Gasteiger partial charge in [0, 0.05) is 22.7 Å². The molecule has 2 nitrogen and oxygen atoms in total. The van der Waals surface area contributed by atoms with Crippen LogP contribution in [-0.4, -0.2) is 29.0 Å². The quantitative estimate of drug-likeness (QED) is 0.249. The van der Waals surface area contributed by atoms with Crippen LogP contribution in [0.2, 0.25) is 12.1 Å². The Morgan fingerprint density at radius 3 is 2.33 bits per heavy atom. The summed E-state index contributed by atoms with van der Waals surface area (Å²) in [7, 11) is -0.0448. The van der Waals surface area contributed by atoms with Crippen molar-refractivity contribution in [2.75, 3.05) is 13.2 Å². The Morgan fingerprint density at radius 2 is 1.92 bits per heavy atom. The first-order chi connectivity index (χ1) is 5.85. The molecule has 0 fully saturated rings. The lowest BCUT2D eigenvalue weighted by Crippen LogP contribution is -2.18. The molecule has 0 N–H and O–H groups in total. The normalized spacial score (nSPS) is 11.6. The second-order valence-corrected chi connectivity index (χ2v) is 4.42. The third-order valence-electron chi connectivity index (χ3n) is 1.55. The second-order valence-electron chi connectivity index (χ2n) is 2.56. The highest BCUT2D eigenvalue weighted by Gasteiger charge is 2.05. The maximum atomic E-state index is 5.41. The number of hydrogen-bond donors (Lipinski definition) is 0. The highest BCUT2D eigenvalue weighted by atomic mass is 28.2. The van der Waals surface area contributed by atoms with Gasteiger partial charge in [0.2, 0.25) is 0 Å². The molecule has 0 aliphatic rings. The van der Waals surface area contributed by atoms with E-state index >= 15 is 0 Å². The summed E-state index contributed by atoms with van der Waals surface area (Å²) in [6.07, 6.45) is 2.04. The number of hydrogen-bond acceptors (Lipinski definition) is 2. The summed E-state index contributed by atoms with van der Waals surface area (Å²) in [5.41, 5.74) is 0. The van der Waals surface area contributed by atoms with Crippen LogP contribution in [0.15, 0.2) is 12.7 Å². The van der Waals surface area contributed by atoms with Crippen LogP contribution in [0.4, 0.5) is 0 Å². The number of rotatable bonds is 8. The molecule has 0 saturated carbocycles. The monoisotopic (exact) mass is 188 g/mol. The maximum absolute atomic E-state index is 5.41. The summed E-state index contributed by atoms with van der Waals surface area (Å²) in [6, 6.07) is 2.28. The molecule has 0 aromatic heterocycles. The number of ether oxygens (including phenoxy) is 2. The fraction of sp³-hybridized carbons (Fsp3) is 0.778. The van der Waals surface area contributed by atoms with Crippen LogP contribution in [0.1, 0.15) is 13.8 Å². The van der Waals surface area contributed by atoms with Gasteiger partial charge in [0.05, 0.1) is 0 Å². The number of allylic oxidation sites excluding steroid dienone is 1. The zero-order valence-corrected chi connectivity index (χ0v) is 9.63. The first-order valence-corrected chi connectivity index (χ1v) is 6.69. The molecular weight excluding hydrogens is 168 g/mol. The largest absolute Gasteiger partial charge is 0.353 e. The Kier molecular flexibility index (Phi) is 8.88. The topological polar surface area (TPSA) is 18.5 Å². The molecule has 3 heteroatoms. The van der Waals surface area contributed by atoms with Crippen molar-refractivity contribution >= 4 is 9.52 Å². The molecule has 0 unspecified atom stereocenters. The van der Waals surface area contributed by atoms with Gasteiger partial charge in [0.1, 0.15) is 0 Å². The van der Waals surface area contributed by atoms with Crippen molar-refractivity contribution in [1.29, 1.82) is 0 Å². The molecule has 0 spiro atoms. The SMILES string of the molecule is C=CC[SiH2]CC(OCC)OCC. The van der Waals surface area contributed by atoms with Crippen molar-refractivity contribution in [2.45, 2.75) is 32.2 Å². The van der Waals surface area contributed by atoms with Crippen LogP contribution in [0.5, 0.6) is 0 Å². The fourth-order valence-corrected chi connectivity index (χ4v) is 2.21. The van der Waals surface area contributed by atoms with E-state index in [4.69, 9.17) is 9.47 Å². The first kappa shape index (κ1) is 11.9. The Labute approximate surface area is 77.8 Å². The van der Waals surface area contributed by atoms with Crippen LogP contribution in [0.25, 0.3) is 0 Å². The zero-order chi connectivity index (χ0) is 9.23. The molecule has 0 bridgehead atoms. The molecule has 0 aromatic carbocycles. The lowest BCUT2D eigenvalue weighted by Gasteiger charge is -2.15. The van der Waals surface area contributed by atoms with Gasteiger partial charge in [-0.05, 0) is 25.9 Å². The van der Waals surface area contributed by atoms with Gasteiger partial charge in [-0.2, -0.15) is 0 Å². The summed E-state index contributed by atoms with van der Waals surface area (Å²) < 4.78 is 10.8. The van der Waals surface area contributed by atoms with Crippen molar-refractivity contribution in [3.63, 3.8) is 0 Å². The van der Waals surface area contributed by atoms with Gasteiger partial charge in [-0.1, -0.05) is 6.08 Å². The van der Waals surface area contributed by atoms with Crippen LogP contribution in [0, 0.1) is 0 Å². The second kappa shape index (κ2) is 8.97. The van der Waals surface area contributed by atoms with Gasteiger partial charge in [0.25, 0.3) is 0 Å². The van der Waals surface area contributed by atoms with E-state index in [9.17, 15) is 0 Å². The predicted octanol–water partition coefficient (Wildman–Crippen LogP) is 1.58. The highest BCUT2D eigenvalue weighted by Crippen LogP contribution is 2.02. The molecule has 0 aliphatic heterocycles. The van der Waals surface area contributed by atoms with Crippen molar-refractivity contribution in [3.8, 4) is 0 Å². The minimum absolute atomic E-state index is 0.0448. The molecule has 0 aromatic rings. The molecule has 0 amide bonds. The maximum Gasteiger partial charge on any atom is 0.154 e.